The summed E-state index contributed by atoms with van der Waals surface area (Å²) in [4.78, 5) is 28.2. The van der Waals surface area contributed by atoms with Gasteiger partial charge < -0.3 is 4.90 Å². The van der Waals surface area contributed by atoms with Crippen molar-refractivity contribution in [3.8, 4) is 0 Å². The minimum Gasteiger partial charge on any atom is -0.329 e. The summed E-state index contributed by atoms with van der Waals surface area (Å²) >= 11 is 12.1. The van der Waals surface area contributed by atoms with Crippen LogP contribution in [-0.4, -0.2) is 35.3 Å². The van der Waals surface area contributed by atoms with Crippen molar-refractivity contribution in [2.75, 3.05) is 11.4 Å². The Morgan fingerprint density at radius 3 is 2.65 bits per heavy atom. The van der Waals surface area contributed by atoms with Crippen LogP contribution in [0.2, 0.25) is 10.0 Å². The second kappa shape index (κ2) is 4.93. The van der Waals surface area contributed by atoms with E-state index < -0.39 is 6.04 Å². The van der Waals surface area contributed by atoms with Crippen LogP contribution in [0.25, 0.3) is 0 Å². The van der Waals surface area contributed by atoms with Gasteiger partial charge in [-0.3, -0.25) is 14.5 Å². The third-order valence-corrected chi connectivity index (χ3v) is 4.51. The summed E-state index contributed by atoms with van der Waals surface area (Å²) in [5, 5.41) is 0.890. The smallest absolute Gasteiger partial charge is 0.250 e. The number of nitrogens with zero attached hydrogens (tertiary/aromatic N) is 2. The molecule has 2 aliphatic heterocycles. The predicted molar refractivity (Wildman–Crippen MR) is 78.1 cm³/mol. The lowest BCUT2D eigenvalue weighted by Gasteiger charge is -2.41. The molecular weight excluding hydrogens is 299 g/mol. The minimum absolute atomic E-state index is 0.0156. The molecule has 1 aromatic carbocycles. The van der Waals surface area contributed by atoms with Gasteiger partial charge in [0, 0.05) is 11.6 Å². The molecule has 3 rings (SSSR count). The van der Waals surface area contributed by atoms with Crippen LogP contribution < -0.4 is 4.90 Å². The third-order valence-electron chi connectivity index (χ3n) is 3.97. The van der Waals surface area contributed by atoms with Crippen LogP contribution in [0.4, 0.5) is 5.69 Å². The van der Waals surface area contributed by atoms with E-state index in [0.29, 0.717) is 22.3 Å². The molecule has 4 nitrogen and oxygen atoms in total. The van der Waals surface area contributed by atoms with Crippen molar-refractivity contribution >= 4 is 40.7 Å². The number of amides is 2. The van der Waals surface area contributed by atoms with E-state index in [2.05, 4.69) is 0 Å². The molecule has 2 unspecified atom stereocenters. The van der Waals surface area contributed by atoms with Gasteiger partial charge in [0.25, 0.3) is 5.91 Å². The lowest BCUT2D eigenvalue weighted by Crippen LogP contribution is -2.62. The number of fused-ring (bicyclic) bond motifs is 1. The van der Waals surface area contributed by atoms with Gasteiger partial charge in [0.05, 0.1) is 10.7 Å². The third kappa shape index (κ3) is 1.98. The maximum Gasteiger partial charge on any atom is 0.250 e. The first-order valence-corrected chi connectivity index (χ1v) is 7.35. The Labute approximate surface area is 127 Å². The van der Waals surface area contributed by atoms with Crippen molar-refractivity contribution in [1.29, 1.82) is 0 Å². The summed E-state index contributed by atoms with van der Waals surface area (Å²) in [6.07, 6.45) is 1.59. The number of hydrogen-bond acceptors (Lipinski definition) is 2. The number of benzene rings is 1. The van der Waals surface area contributed by atoms with Crippen molar-refractivity contribution in [2.24, 2.45) is 0 Å². The largest absolute Gasteiger partial charge is 0.329 e. The van der Waals surface area contributed by atoms with Gasteiger partial charge in [-0.05, 0) is 38.0 Å². The van der Waals surface area contributed by atoms with Gasteiger partial charge >= 0.3 is 0 Å². The number of rotatable bonds is 1. The van der Waals surface area contributed by atoms with Gasteiger partial charge in [-0.2, -0.15) is 0 Å². The van der Waals surface area contributed by atoms with Crippen molar-refractivity contribution in [3.05, 3.63) is 28.2 Å². The van der Waals surface area contributed by atoms with E-state index in [1.807, 2.05) is 0 Å². The standard InChI is InChI=1S/C14H14Cl2N2O2/c1-8-13(19)17-6-2-3-12(17)14(20)18(8)11-5-4-9(15)7-10(11)16/h4-5,7-8,12H,2-3,6H2,1H3. The molecule has 2 fully saturated rings. The van der Waals surface area contributed by atoms with Crippen molar-refractivity contribution in [1.82, 2.24) is 4.90 Å². The fourth-order valence-corrected chi connectivity index (χ4v) is 3.49. The highest BCUT2D eigenvalue weighted by Gasteiger charge is 2.46. The molecule has 0 aliphatic carbocycles. The zero-order chi connectivity index (χ0) is 14.4. The number of halogens is 2. The molecule has 0 saturated carbocycles. The Hall–Kier alpha value is -1.26. The second-order valence-corrected chi connectivity index (χ2v) is 6.01. The van der Waals surface area contributed by atoms with Gasteiger partial charge in [-0.25, -0.2) is 0 Å². The van der Waals surface area contributed by atoms with Crippen molar-refractivity contribution < 1.29 is 9.59 Å². The molecule has 0 N–H and O–H groups in total. The number of piperazine rings is 1. The van der Waals surface area contributed by atoms with Gasteiger partial charge in [0.2, 0.25) is 5.91 Å². The highest BCUT2D eigenvalue weighted by molar-refractivity contribution is 6.37. The molecule has 0 aromatic heterocycles. The molecule has 0 radical (unpaired) electrons. The van der Waals surface area contributed by atoms with E-state index in [0.717, 1.165) is 12.8 Å². The van der Waals surface area contributed by atoms with Crippen LogP contribution in [-0.2, 0) is 9.59 Å². The second-order valence-electron chi connectivity index (χ2n) is 5.17. The minimum atomic E-state index is -0.532. The number of carbonyl (C=O) groups excluding carboxylic acids is 2. The Kier molecular flexibility index (Phi) is 3.38. The Bertz CT molecular complexity index is 591. The quantitative estimate of drug-likeness (QED) is 0.800. The van der Waals surface area contributed by atoms with Crippen LogP contribution in [0.1, 0.15) is 19.8 Å². The highest BCUT2D eigenvalue weighted by atomic mass is 35.5. The summed E-state index contributed by atoms with van der Waals surface area (Å²) in [5.41, 5.74) is 0.550. The lowest BCUT2D eigenvalue weighted by atomic mass is 10.1. The maximum absolute atomic E-state index is 12.6. The van der Waals surface area contributed by atoms with Crippen LogP contribution in [0.3, 0.4) is 0 Å². The molecular formula is C14H14Cl2N2O2. The van der Waals surface area contributed by atoms with E-state index >= 15 is 0 Å². The average Bonchev–Trinajstić information content (AvgIpc) is 2.88. The summed E-state index contributed by atoms with van der Waals surface area (Å²) < 4.78 is 0. The summed E-state index contributed by atoms with van der Waals surface area (Å²) in [5.74, 6) is -0.0723. The lowest BCUT2D eigenvalue weighted by molar-refractivity contribution is -0.143. The van der Waals surface area contributed by atoms with Crippen molar-refractivity contribution in [3.63, 3.8) is 0 Å². The SMILES string of the molecule is CC1C(=O)N2CCCC2C(=O)N1c1ccc(Cl)cc1Cl. The molecule has 2 amide bonds. The molecule has 2 aliphatic rings. The zero-order valence-corrected chi connectivity index (χ0v) is 12.5. The van der Waals surface area contributed by atoms with Gasteiger partial charge in [0.1, 0.15) is 12.1 Å². The summed E-state index contributed by atoms with van der Waals surface area (Å²) in [6.45, 7) is 2.40. The maximum atomic E-state index is 12.6. The summed E-state index contributed by atoms with van der Waals surface area (Å²) in [6, 6.07) is 4.08. The molecule has 6 heteroatoms. The van der Waals surface area contributed by atoms with Crippen LogP contribution in [0.5, 0.6) is 0 Å². The van der Waals surface area contributed by atoms with Gasteiger partial charge in [-0.15, -0.1) is 0 Å². The molecule has 2 atom stereocenters. The van der Waals surface area contributed by atoms with Crippen LogP contribution in [0.15, 0.2) is 18.2 Å². The Morgan fingerprint density at radius 1 is 1.20 bits per heavy atom. The first-order valence-electron chi connectivity index (χ1n) is 6.59. The molecule has 106 valence electrons. The monoisotopic (exact) mass is 312 g/mol. The number of carbonyl (C=O) groups is 2. The number of anilines is 1. The van der Waals surface area contributed by atoms with Crippen LogP contribution >= 0.6 is 23.2 Å². The number of hydrogen-bond donors (Lipinski definition) is 0. The van der Waals surface area contributed by atoms with Crippen molar-refractivity contribution in [2.45, 2.75) is 31.8 Å². The molecule has 2 heterocycles. The fourth-order valence-electron chi connectivity index (χ4n) is 2.99. The fraction of sp³-hybridized carbons (Fsp3) is 0.429. The normalized spacial score (nSPS) is 26.1. The summed E-state index contributed by atoms with van der Waals surface area (Å²) in [7, 11) is 0. The van der Waals surface area contributed by atoms with E-state index in [1.165, 1.54) is 4.90 Å². The Balaban J connectivity index is 2.03. The molecule has 20 heavy (non-hydrogen) atoms. The molecule has 0 bridgehead atoms. The topological polar surface area (TPSA) is 40.6 Å². The van der Waals surface area contributed by atoms with E-state index in [-0.39, 0.29) is 17.9 Å². The zero-order valence-electron chi connectivity index (χ0n) is 11.0. The van der Waals surface area contributed by atoms with E-state index in [9.17, 15) is 9.59 Å². The molecule has 0 spiro atoms. The van der Waals surface area contributed by atoms with Gasteiger partial charge in [0.15, 0.2) is 0 Å². The first-order chi connectivity index (χ1) is 9.50. The molecule has 1 aromatic rings. The Morgan fingerprint density at radius 2 is 1.95 bits per heavy atom. The predicted octanol–water partition coefficient (Wildman–Crippen LogP) is 2.72. The van der Waals surface area contributed by atoms with Gasteiger partial charge in [-0.1, -0.05) is 23.2 Å². The van der Waals surface area contributed by atoms with E-state index in [4.69, 9.17) is 23.2 Å². The van der Waals surface area contributed by atoms with E-state index in [1.54, 1.807) is 30.0 Å². The first kappa shape index (κ1) is 13.7. The van der Waals surface area contributed by atoms with Crippen LogP contribution in [0, 0.1) is 0 Å². The average molecular weight is 313 g/mol. The highest BCUT2D eigenvalue weighted by Crippen LogP contribution is 2.35. The molecule has 2 saturated heterocycles.